The molecule has 0 aliphatic rings. The van der Waals surface area contributed by atoms with Gasteiger partial charge in [-0.2, -0.15) is 0 Å². The molecule has 1 heterocycles. The fourth-order valence-electron chi connectivity index (χ4n) is 0.278. The van der Waals surface area contributed by atoms with Gasteiger partial charge in [-0.25, -0.2) is 0 Å². The van der Waals surface area contributed by atoms with Crippen molar-refractivity contribution in [1.29, 1.82) is 0 Å². The van der Waals surface area contributed by atoms with Crippen LogP contribution in [0.15, 0.2) is 24.5 Å². The maximum atomic E-state index is 10.1. The molecule has 42 valence electrons. The van der Waals surface area contributed by atoms with E-state index in [9.17, 15) is 4.32 Å². The molecule has 0 atom stereocenters. The van der Waals surface area contributed by atoms with E-state index < -0.39 is 0 Å². The molecule has 3 heteroatoms. The summed E-state index contributed by atoms with van der Waals surface area (Å²) in [6.45, 7) is 2.69. The Morgan fingerprint density at radius 1 is 1.38 bits per heavy atom. The van der Waals surface area contributed by atoms with E-state index in [-0.39, 0.29) is 7.20 Å². The van der Waals surface area contributed by atoms with E-state index in [1.807, 2.05) is 24.5 Å². The molecule has 1 aromatic rings. The van der Waals surface area contributed by atoms with Crippen LogP contribution in [0.3, 0.4) is 0 Å². The topological polar surface area (TPSA) is 15.8 Å². The minimum absolute atomic E-state index is 0.250. The van der Waals surface area contributed by atoms with Crippen molar-refractivity contribution in [3.8, 4) is 0 Å². The molecule has 1 N–H and O–H groups in total. The van der Waals surface area contributed by atoms with Gasteiger partial charge in [0.05, 0.1) is 0 Å². The fraction of sp³-hybridized carbons (Fsp3) is 0. The van der Waals surface area contributed by atoms with Gasteiger partial charge in [-0.05, 0) is 12.1 Å². The van der Waals surface area contributed by atoms with Gasteiger partial charge in [0.2, 0.25) is 0 Å². The Bertz CT molecular complexity index is 98.8. The molecule has 0 aromatic carbocycles. The van der Waals surface area contributed by atoms with Crippen molar-refractivity contribution >= 4 is 13.7 Å². The number of hydrogen-bond acceptors (Lipinski definition) is 0. The van der Waals surface area contributed by atoms with E-state index in [0.29, 0.717) is 0 Å². The first-order valence-corrected chi connectivity index (χ1v) is 2.20. The summed E-state index contributed by atoms with van der Waals surface area (Å²) in [5, 5.41) is 0. The van der Waals surface area contributed by atoms with Crippen LogP contribution >= 0.6 is 0 Å². The van der Waals surface area contributed by atoms with Crippen molar-refractivity contribution in [3.63, 3.8) is 0 Å². The smallest absolute Gasteiger partial charge is 0.000496 e. The molecular weight excluding hydrogens is 104 g/mol. The van der Waals surface area contributed by atoms with E-state index in [1.165, 1.54) is 0 Å². The van der Waals surface area contributed by atoms with Crippen molar-refractivity contribution in [1.82, 2.24) is 4.98 Å². The quantitative estimate of drug-likeness (QED) is 0.481. The Kier molecular flexibility index (Phi) is 5.49. The predicted molar refractivity (Wildman–Crippen MR) is 34.8 cm³/mol. The molecule has 1 aromatic heterocycles. The van der Waals surface area contributed by atoms with Gasteiger partial charge < -0.3 is 4.98 Å². The third-order valence-corrected chi connectivity index (χ3v) is 0.496. The first-order chi connectivity index (χ1) is 3.91. The van der Waals surface area contributed by atoms with Crippen molar-refractivity contribution in [2.45, 2.75) is 0 Å². The Balaban J connectivity index is 0.000000145. The maximum absolute atomic E-state index is 10.1. The minimum Gasteiger partial charge on any atom is -0.368 e. The molecule has 0 bridgehead atoms. The zero-order chi connectivity index (χ0) is 6.24. The zero-order valence-electron chi connectivity index (χ0n) is 4.47. The average Bonchev–Trinajstić information content (AvgIpc) is 2.17. The van der Waals surface area contributed by atoms with Gasteiger partial charge in [0.1, 0.15) is 0 Å². The number of nitrogens with one attached hydrogen (secondary N) is 1. The molecule has 8 heavy (non-hydrogen) atoms. The first-order valence-electron chi connectivity index (χ1n) is 2.20. The Morgan fingerprint density at radius 2 is 1.75 bits per heavy atom. The zero-order valence-corrected chi connectivity index (χ0v) is 4.47. The van der Waals surface area contributed by atoms with Crippen molar-refractivity contribution in [2.24, 2.45) is 0 Å². The molecule has 0 radical (unpaired) electrons. The van der Waals surface area contributed by atoms with Crippen molar-refractivity contribution in [3.05, 3.63) is 24.5 Å². The van der Waals surface area contributed by atoms with Crippen LogP contribution < -0.4 is 0 Å². The van der Waals surface area contributed by atoms with E-state index >= 15 is 0 Å². The molecule has 0 fully saturated rings. The number of halogens is 1. The number of aromatic nitrogens is 1. The molecule has 0 spiro atoms. The van der Waals surface area contributed by atoms with Gasteiger partial charge in [-0.1, -0.05) is 0 Å². The second-order valence-electron chi connectivity index (χ2n) is 1.04. The van der Waals surface area contributed by atoms with Gasteiger partial charge in [-0.15, -0.1) is 0 Å². The van der Waals surface area contributed by atoms with Crippen molar-refractivity contribution in [2.75, 3.05) is 0 Å². The van der Waals surface area contributed by atoms with Crippen LogP contribution in [0.5, 0.6) is 0 Å². The SMILES string of the molecule is C=BF.c1cc[nH]c1. The summed E-state index contributed by atoms with van der Waals surface area (Å²) in [7, 11) is 0.250. The summed E-state index contributed by atoms with van der Waals surface area (Å²) in [6.07, 6.45) is 3.75. The Hall–Kier alpha value is -0.855. The van der Waals surface area contributed by atoms with Crippen LogP contribution in [0, 0.1) is 0 Å². The standard InChI is InChI=1S/C4H5N.CH2BF/c1-2-4-5-3-1;1-2-3/h1-5H;1H2. The Morgan fingerprint density at radius 3 is 1.88 bits per heavy atom. The Labute approximate surface area is 48.5 Å². The second-order valence-corrected chi connectivity index (χ2v) is 1.04. The summed E-state index contributed by atoms with van der Waals surface area (Å²) in [5.74, 6) is 0. The number of hydrogen-bond donors (Lipinski definition) is 1. The normalized spacial score (nSPS) is 6.12. The number of H-pyrrole nitrogens is 1. The average molecular weight is 111 g/mol. The monoisotopic (exact) mass is 111 g/mol. The van der Waals surface area contributed by atoms with E-state index in [0.717, 1.165) is 0 Å². The van der Waals surface area contributed by atoms with E-state index in [1.54, 1.807) is 0 Å². The first kappa shape index (κ1) is 7.14. The van der Waals surface area contributed by atoms with Gasteiger partial charge in [0, 0.05) is 12.4 Å². The second kappa shape index (κ2) is 6.14. The summed E-state index contributed by atoms with van der Waals surface area (Å²) in [5.41, 5.74) is 0. The van der Waals surface area contributed by atoms with Gasteiger partial charge >= 0.3 is 18.0 Å². The number of rotatable bonds is 0. The number of aromatic amines is 1. The maximum Gasteiger partial charge on any atom is 0.000496 e. The molecular formula is C5H7BFN. The third kappa shape index (κ3) is 5.14. The van der Waals surface area contributed by atoms with Crippen LogP contribution in [-0.4, -0.2) is 18.7 Å². The molecule has 1 rings (SSSR count). The van der Waals surface area contributed by atoms with E-state index in [2.05, 4.69) is 11.5 Å². The molecule has 0 saturated heterocycles. The van der Waals surface area contributed by atoms with Gasteiger partial charge in [-0.3, -0.25) is 0 Å². The molecule has 0 saturated carbocycles. The van der Waals surface area contributed by atoms with Crippen LogP contribution in [0.4, 0.5) is 4.32 Å². The largest absolute Gasteiger partial charge is 0.368 e. The molecule has 0 unspecified atom stereocenters. The molecule has 0 aliphatic carbocycles. The third-order valence-electron chi connectivity index (χ3n) is 0.496. The molecule has 1 nitrogen and oxygen atoms in total. The molecule has 0 aliphatic heterocycles. The minimum atomic E-state index is 0.250. The van der Waals surface area contributed by atoms with Crippen LogP contribution in [-0.2, 0) is 0 Å². The van der Waals surface area contributed by atoms with Crippen molar-refractivity contribution < 1.29 is 4.32 Å². The van der Waals surface area contributed by atoms with Gasteiger partial charge in [0.15, 0.2) is 0 Å². The molecule has 0 amide bonds. The van der Waals surface area contributed by atoms with Crippen LogP contribution in [0.2, 0.25) is 0 Å². The summed E-state index contributed by atoms with van der Waals surface area (Å²) in [6, 6.07) is 3.89. The van der Waals surface area contributed by atoms with E-state index in [4.69, 9.17) is 0 Å². The summed E-state index contributed by atoms with van der Waals surface area (Å²) in [4.78, 5) is 2.86. The predicted octanol–water partition coefficient (Wildman–Crippen LogP) is 1.02. The van der Waals surface area contributed by atoms with Gasteiger partial charge in [0.25, 0.3) is 0 Å². The fourth-order valence-corrected chi connectivity index (χ4v) is 0.278. The van der Waals surface area contributed by atoms with Crippen LogP contribution in [0.1, 0.15) is 0 Å². The summed E-state index contributed by atoms with van der Waals surface area (Å²) < 4.78 is 10.1. The van der Waals surface area contributed by atoms with Crippen LogP contribution in [0.25, 0.3) is 0 Å². The summed E-state index contributed by atoms with van der Waals surface area (Å²) >= 11 is 0.